The molecule has 0 fully saturated rings. The van der Waals surface area contributed by atoms with E-state index < -0.39 is 0 Å². The minimum Gasteiger partial charge on any atom is -0.356 e. The maximum atomic E-state index is 13.5. The Morgan fingerprint density at radius 2 is 1.86 bits per heavy atom. The molecule has 0 bridgehead atoms. The van der Waals surface area contributed by atoms with E-state index in [2.05, 4.69) is 29.5 Å². The van der Waals surface area contributed by atoms with Crippen molar-refractivity contribution in [3.63, 3.8) is 0 Å². The maximum absolute atomic E-state index is 13.5. The summed E-state index contributed by atoms with van der Waals surface area (Å²) in [5.74, 6) is 1.31. The van der Waals surface area contributed by atoms with E-state index in [1.165, 1.54) is 6.07 Å². The summed E-state index contributed by atoms with van der Waals surface area (Å²) in [7, 11) is 1.76. The molecule has 0 aliphatic carbocycles. The zero-order chi connectivity index (χ0) is 14.8. The lowest BCUT2D eigenvalue weighted by molar-refractivity contribution is 0.481. The van der Waals surface area contributed by atoms with Gasteiger partial charge in [-0.25, -0.2) is 4.39 Å². The van der Waals surface area contributed by atoms with E-state index in [0.29, 0.717) is 18.9 Å². The molecule has 21 heavy (non-hydrogen) atoms. The summed E-state index contributed by atoms with van der Waals surface area (Å²) >= 11 is 0. The Bertz CT molecular complexity index is 420. The van der Waals surface area contributed by atoms with Gasteiger partial charge in [-0.1, -0.05) is 44.9 Å². The summed E-state index contributed by atoms with van der Waals surface area (Å²) < 4.78 is 13.5. The van der Waals surface area contributed by atoms with E-state index in [1.54, 1.807) is 13.1 Å². The number of hydrogen-bond acceptors (Lipinski definition) is 1. The summed E-state index contributed by atoms with van der Waals surface area (Å²) in [6, 6.07) is 6.88. The van der Waals surface area contributed by atoms with Crippen molar-refractivity contribution in [2.75, 3.05) is 20.1 Å². The van der Waals surface area contributed by atoms with Crippen LogP contribution in [0, 0.1) is 11.7 Å². The molecule has 0 radical (unpaired) electrons. The molecule has 0 aromatic heterocycles. The molecule has 3 nitrogen and oxygen atoms in total. The zero-order valence-corrected chi connectivity index (χ0v) is 15.5. The van der Waals surface area contributed by atoms with E-state index >= 15 is 0 Å². The summed E-state index contributed by atoms with van der Waals surface area (Å²) in [5.41, 5.74) is 0.732. The molecule has 0 aliphatic rings. The molecular formula is C16H27FIN3. The monoisotopic (exact) mass is 407 g/mol. The number of nitrogens with zero attached hydrogens (tertiary/aromatic N) is 1. The van der Waals surface area contributed by atoms with Gasteiger partial charge in [0, 0.05) is 20.1 Å². The second-order valence-corrected chi connectivity index (χ2v) is 4.90. The van der Waals surface area contributed by atoms with E-state index in [0.717, 1.165) is 30.9 Å². The van der Waals surface area contributed by atoms with Gasteiger partial charge in [0.25, 0.3) is 0 Å². The summed E-state index contributed by atoms with van der Waals surface area (Å²) in [6.45, 7) is 5.99. The Kier molecular flexibility index (Phi) is 11.3. The first-order valence-corrected chi connectivity index (χ1v) is 7.39. The van der Waals surface area contributed by atoms with Crippen LogP contribution in [0.25, 0.3) is 0 Å². The van der Waals surface area contributed by atoms with Crippen LogP contribution in [-0.4, -0.2) is 26.1 Å². The van der Waals surface area contributed by atoms with Gasteiger partial charge >= 0.3 is 0 Å². The van der Waals surface area contributed by atoms with Crippen LogP contribution in [0.5, 0.6) is 0 Å². The second-order valence-electron chi connectivity index (χ2n) is 4.90. The van der Waals surface area contributed by atoms with Crippen LogP contribution in [0.15, 0.2) is 29.3 Å². The Hall–Kier alpha value is -0.850. The lowest BCUT2D eigenvalue weighted by atomic mass is 10.0. The molecule has 5 heteroatoms. The Balaban J connectivity index is 0.00000400. The fraction of sp³-hybridized carbons (Fsp3) is 0.562. The van der Waals surface area contributed by atoms with Gasteiger partial charge in [-0.05, 0) is 24.0 Å². The molecule has 0 spiro atoms. The van der Waals surface area contributed by atoms with E-state index in [4.69, 9.17) is 0 Å². The molecule has 0 heterocycles. The van der Waals surface area contributed by atoms with E-state index in [9.17, 15) is 4.39 Å². The van der Waals surface area contributed by atoms with Crippen molar-refractivity contribution in [3.05, 3.63) is 35.6 Å². The van der Waals surface area contributed by atoms with Crippen molar-refractivity contribution in [1.29, 1.82) is 0 Å². The highest BCUT2D eigenvalue weighted by molar-refractivity contribution is 14.0. The van der Waals surface area contributed by atoms with Crippen molar-refractivity contribution in [3.8, 4) is 0 Å². The van der Waals surface area contributed by atoms with Gasteiger partial charge in [-0.15, -0.1) is 24.0 Å². The molecule has 1 rings (SSSR count). The first kappa shape index (κ1) is 20.1. The molecule has 0 unspecified atom stereocenters. The minimum absolute atomic E-state index is 0. The third kappa shape index (κ3) is 7.64. The number of rotatable bonds is 7. The van der Waals surface area contributed by atoms with Crippen LogP contribution >= 0.6 is 24.0 Å². The summed E-state index contributed by atoms with van der Waals surface area (Å²) in [5, 5.41) is 6.54. The standard InChI is InChI=1S/C16H26FN3.HI/c1-4-13(5-2)12-20-16(18-3)19-11-10-14-8-6-7-9-15(14)17;/h6-9,13H,4-5,10-12H2,1-3H3,(H2,18,19,20);1H. The summed E-state index contributed by atoms with van der Waals surface area (Å²) in [6.07, 6.45) is 2.98. The number of halogens is 2. The highest BCUT2D eigenvalue weighted by Gasteiger charge is 2.05. The average molecular weight is 407 g/mol. The maximum Gasteiger partial charge on any atom is 0.190 e. The third-order valence-electron chi connectivity index (χ3n) is 3.58. The number of aliphatic imine (C=N–C) groups is 1. The largest absolute Gasteiger partial charge is 0.356 e. The van der Waals surface area contributed by atoms with Crippen LogP contribution in [0.1, 0.15) is 32.3 Å². The molecular weight excluding hydrogens is 380 g/mol. The molecule has 0 aliphatic heterocycles. The fourth-order valence-electron chi connectivity index (χ4n) is 2.06. The predicted molar refractivity (Wildman–Crippen MR) is 99.0 cm³/mol. The van der Waals surface area contributed by atoms with Gasteiger partial charge in [0.1, 0.15) is 5.82 Å². The molecule has 120 valence electrons. The smallest absolute Gasteiger partial charge is 0.190 e. The van der Waals surface area contributed by atoms with Gasteiger partial charge in [-0.3, -0.25) is 4.99 Å². The molecule has 0 atom stereocenters. The highest BCUT2D eigenvalue weighted by atomic mass is 127. The lowest BCUT2D eigenvalue weighted by Gasteiger charge is -2.16. The van der Waals surface area contributed by atoms with E-state index in [1.807, 2.05) is 12.1 Å². The normalized spacial score (nSPS) is 11.2. The van der Waals surface area contributed by atoms with Crippen LogP contribution in [0.4, 0.5) is 4.39 Å². The van der Waals surface area contributed by atoms with Gasteiger partial charge < -0.3 is 10.6 Å². The van der Waals surface area contributed by atoms with Gasteiger partial charge in [0.05, 0.1) is 0 Å². The van der Waals surface area contributed by atoms with Gasteiger partial charge in [0.15, 0.2) is 5.96 Å². The van der Waals surface area contributed by atoms with Crippen molar-refractivity contribution in [2.24, 2.45) is 10.9 Å². The van der Waals surface area contributed by atoms with Crippen molar-refractivity contribution < 1.29 is 4.39 Å². The minimum atomic E-state index is -0.144. The molecule has 1 aromatic rings. The van der Waals surface area contributed by atoms with Crippen molar-refractivity contribution in [1.82, 2.24) is 10.6 Å². The summed E-state index contributed by atoms with van der Waals surface area (Å²) in [4.78, 5) is 4.18. The van der Waals surface area contributed by atoms with Crippen LogP contribution in [-0.2, 0) is 6.42 Å². The first-order valence-electron chi connectivity index (χ1n) is 7.39. The van der Waals surface area contributed by atoms with Crippen LogP contribution in [0.2, 0.25) is 0 Å². The Labute approximate surface area is 144 Å². The topological polar surface area (TPSA) is 36.4 Å². The van der Waals surface area contributed by atoms with Crippen molar-refractivity contribution >= 4 is 29.9 Å². The van der Waals surface area contributed by atoms with Crippen molar-refractivity contribution in [2.45, 2.75) is 33.1 Å². The first-order chi connectivity index (χ1) is 9.71. The van der Waals surface area contributed by atoms with Gasteiger partial charge in [0.2, 0.25) is 0 Å². The highest BCUT2D eigenvalue weighted by Crippen LogP contribution is 2.06. The molecule has 1 aromatic carbocycles. The average Bonchev–Trinajstić information content (AvgIpc) is 2.48. The second kappa shape index (κ2) is 11.8. The number of guanidine groups is 1. The number of benzene rings is 1. The quantitative estimate of drug-likeness (QED) is 0.412. The SMILES string of the molecule is CCC(CC)CNC(=NC)NCCc1ccccc1F.I. The molecule has 0 saturated heterocycles. The number of nitrogens with one attached hydrogen (secondary N) is 2. The Morgan fingerprint density at radius 1 is 1.19 bits per heavy atom. The Morgan fingerprint density at radius 3 is 2.43 bits per heavy atom. The predicted octanol–water partition coefficient (Wildman–Crippen LogP) is 3.59. The molecule has 0 amide bonds. The lowest BCUT2D eigenvalue weighted by Crippen LogP contribution is -2.40. The number of hydrogen-bond donors (Lipinski definition) is 2. The fourth-order valence-corrected chi connectivity index (χ4v) is 2.06. The third-order valence-corrected chi connectivity index (χ3v) is 3.58. The van der Waals surface area contributed by atoms with Crippen LogP contribution < -0.4 is 10.6 Å². The van der Waals surface area contributed by atoms with Gasteiger partial charge in [-0.2, -0.15) is 0 Å². The van der Waals surface area contributed by atoms with E-state index in [-0.39, 0.29) is 29.8 Å². The van der Waals surface area contributed by atoms with Crippen LogP contribution in [0.3, 0.4) is 0 Å². The zero-order valence-electron chi connectivity index (χ0n) is 13.2. The molecule has 2 N–H and O–H groups in total. The molecule has 0 saturated carbocycles.